The van der Waals surface area contributed by atoms with Gasteiger partial charge in [-0.2, -0.15) is 0 Å². The van der Waals surface area contributed by atoms with Crippen LogP contribution in [-0.2, 0) is 19.6 Å². The van der Waals surface area contributed by atoms with E-state index in [4.69, 9.17) is 23.2 Å². The summed E-state index contributed by atoms with van der Waals surface area (Å²) in [6, 6.07) is 22.9. The largest absolute Gasteiger partial charge is 0.477 e. The Bertz CT molecular complexity index is 1180. The molecule has 4 nitrogen and oxygen atoms in total. The van der Waals surface area contributed by atoms with Crippen LogP contribution in [0.2, 0.25) is 10.0 Å². The van der Waals surface area contributed by atoms with Crippen molar-refractivity contribution in [2.45, 2.75) is 19.6 Å². The summed E-state index contributed by atoms with van der Waals surface area (Å²) in [6.45, 7) is 1.52. The molecule has 2 N–H and O–H groups in total. The van der Waals surface area contributed by atoms with E-state index in [0.717, 1.165) is 27.6 Å². The molecule has 152 valence electrons. The molecule has 0 aliphatic carbocycles. The van der Waals surface area contributed by atoms with Crippen LogP contribution in [0.25, 0.3) is 10.9 Å². The molecule has 0 amide bonds. The number of carboxylic acids is 1. The van der Waals surface area contributed by atoms with E-state index in [1.54, 1.807) is 0 Å². The molecule has 0 saturated heterocycles. The van der Waals surface area contributed by atoms with Crippen molar-refractivity contribution in [3.63, 3.8) is 0 Å². The number of nitrogens with one attached hydrogen (secondary N) is 1. The van der Waals surface area contributed by atoms with Crippen LogP contribution in [0.4, 0.5) is 0 Å². The van der Waals surface area contributed by atoms with Crippen LogP contribution in [-0.4, -0.2) is 15.6 Å². The van der Waals surface area contributed by atoms with Crippen molar-refractivity contribution >= 4 is 40.1 Å². The van der Waals surface area contributed by atoms with Crippen LogP contribution < -0.4 is 5.32 Å². The summed E-state index contributed by atoms with van der Waals surface area (Å²) >= 11 is 11.9. The number of nitrogens with zero attached hydrogens (tertiary/aromatic N) is 1. The van der Waals surface area contributed by atoms with Gasteiger partial charge in [0.05, 0.1) is 0 Å². The van der Waals surface area contributed by atoms with Crippen LogP contribution in [0.1, 0.15) is 27.2 Å². The van der Waals surface area contributed by atoms with Gasteiger partial charge in [-0.3, -0.25) is 0 Å². The van der Waals surface area contributed by atoms with Gasteiger partial charge >= 0.3 is 5.97 Å². The molecule has 0 spiro atoms. The standard InChI is InChI=1S/C24H20Cl2N2O2/c25-18-9-5-16(6-10-18)13-27-14-21-20-3-1-2-4-22(20)28(23(21)24(29)30)15-17-7-11-19(26)12-8-17/h1-12,27H,13-15H2,(H,29,30). The van der Waals surface area contributed by atoms with Gasteiger partial charge < -0.3 is 15.0 Å². The fraction of sp³-hybridized carbons (Fsp3) is 0.125. The Balaban J connectivity index is 1.67. The van der Waals surface area contributed by atoms with E-state index in [1.807, 2.05) is 77.4 Å². The van der Waals surface area contributed by atoms with E-state index in [2.05, 4.69) is 5.32 Å². The Kier molecular flexibility index (Phi) is 6.09. The van der Waals surface area contributed by atoms with E-state index in [-0.39, 0.29) is 0 Å². The van der Waals surface area contributed by atoms with Gasteiger partial charge in [0.2, 0.25) is 0 Å². The zero-order valence-corrected chi connectivity index (χ0v) is 17.6. The maximum absolute atomic E-state index is 12.2. The van der Waals surface area contributed by atoms with Gasteiger partial charge in [-0.05, 0) is 41.5 Å². The maximum Gasteiger partial charge on any atom is 0.352 e. The summed E-state index contributed by atoms with van der Waals surface area (Å²) < 4.78 is 1.86. The van der Waals surface area contributed by atoms with Gasteiger partial charge in [0.1, 0.15) is 5.69 Å². The Labute approximate surface area is 184 Å². The van der Waals surface area contributed by atoms with Crippen LogP contribution in [0.3, 0.4) is 0 Å². The smallest absolute Gasteiger partial charge is 0.352 e. The number of hydrogen-bond donors (Lipinski definition) is 2. The summed E-state index contributed by atoms with van der Waals surface area (Å²) in [6.07, 6.45) is 0. The number of para-hydroxylation sites is 1. The minimum Gasteiger partial charge on any atom is -0.477 e. The average Bonchev–Trinajstić information content (AvgIpc) is 3.05. The molecule has 4 rings (SSSR count). The van der Waals surface area contributed by atoms with Crippen molar-refractivity contribution in [3.05, 3.63) is 105 Å². The molecule has 0 unspecified atom stereocenters. The number of aromatic carboxylic acids is 1. The summed E-state index contributed by atoms with van der Waals surface area (Å²) in [5.41, 5.74) is 4.05. The van der Waals surface area contributed by atoms with Crippen LogP contribution in [0, 0.1) is 0 Å². The first-order valence-electron chi connectivity index (χ1n) is 9.56. The predicted molar refractivity (Wildman–Crippen MR) is 121 cm³/mol. The van der Waals surface area contributed by atoms with Crippen molar-refractivity contribution in [1.29, 1.82) is 0 Å². The third kappa shape index (κ3) is 4.36. The molecule has 0 aliphatic rings. The molecule has 1 heterocycles. The second kappa shape index (κ2) is 8.92. The van der Waals surface area contributed by atoms with Gasteiger partial charge in [-0.15, -0.1) is 0 Å². The summed E-state index contributed by atoms with van der Waals surface area (Å²) in [5.74, 6) is -0.941. The highest BCUT2D eigenvalue weighted by Gasteiger charge is 2.22. The van der Waals surface area contributed by atoms with Gasteiger partial charge in [0.25, 0.3) is 0 Å². The zero-order valence-electron chi connectivity index (χ0n) is 16.1. The molecule has 0 radical (unpaired) electrons. The SMILES string of the molecule is O=C(O)c1c(CNCc2ccc(Cl)cc2)c2ccccc2n1Cc1ccc(Cl)cc1. The van der Waals surface area contributed by atoms with E-state index >= 15 is 0 Å². The summed E-state index contributed by atoms with van der Waals surface area (Å²) in [4.78, 5) is 12.2. The minimum absolute atomic E-state index is 0.301. The number of aromatic nitrogens is 1. The molecule has 4 aromatic rings. The van der Waals surface area contributed by atoms with E-state index in [9.17, 15) is 9.90 Å². The molecule has 30 heavy (non-hydrogen) atoms. The van der Waals surface area contributed by atoms with Crippen molar-refractivity contribution in [2.24, 2.45) is 0 Å². The Morgan fingerprint density at radius 1 is 0.833 bits per heavy atom. The fourth-order valence-electron chi connectivity index (χ4n) is 3.67. The molecule has 0 saturated carbocycles. The van der Waals surface area contributed by atoms with Crippen molar-refractivity contribution in [1.82, 2.24) is 9.88 Å². The second-order valence-corrected chi connectivity index (χ2v) is 7.96. The van der Waals surface area contributed by atoms with E-state index in [0.29, 0.717) is 35.4 Å². The fourth-order valence-corrected chi connectivity index (χ4v) is 3.92. The minimum atomic E-state index is -0.941. The van der Waals surface area contributed by atoms with Crippen molar-refractivity contribution in [2.75, 3.05) is 0 Å². The third-order valence-corrected chi connectivity index (χ3v) is 5.58. The Morgan fingerprint density at radius 3 is 2.07 bits per heavy atom. The number of hydrogen-bond acceptors (Lipinski definition) is 2. The summed E-state index contributed by atoms with van der Waals surface area (Å²) in [5, 5.41) is 15.7. The van der Waals surface area contributed by atoms with E-state index < -0.39 is 5.97 Å². The third-order valence-electron chi connectivity index (χ3n) is 5.08. The van der Waals surface area contributed by atoms with Gasteiger partial charge in [0, 0.05) is 46.1 Å². The lowest BCUT2D eigenvalue weighted by atomic mass is 10.1. The molecule has 0 aliphatic heterocycles. The normalized spacial score (nSPS) is 11.1. The average molecular weight is 439 g/mol. The maximum atomic E-state index is 12.2. The molecule has 1 aromatic heterocycles. The first kappa shape index (κ1) is 20.5. The quantitative estimate of drug-likeness (QED) is 0.372. The number of carboxylic acid groups (broad SMARTS) is 1. The van der Waals surface area contributed by atoms with Crippen LogP contribution >= 0.6 is 23.2 Å². The Morgan fingerprint density at radius 2 is 1.43 bits per heavy atom. The molecule has 6 heteroatoms. The van der Waals surface area contributed by atoms with Gasteiger partial charge in [0.15, 0.2) is 0 Å². The zero-order chi connectivity index (χ0) is 21.1. The molecular weight excluding hydrogens is 419 g/mol. The number of fused-ring (bicyclic) bond motifs is 1. The second-order valence-electron chi connectivity index (χ2n) is 7.09. The van der Waals surface area contributed by atoms with Gasteiger partial charge in [-0.25, -0.2) is 4.79 Å². The number of carbonyl (C=O) groups is 1. The lowest BCUT2D eigenvalue weighted by molar-refractivity contribution is 0.0685. The van der Waals surface area contributed by atoms with Gasteiger partial charge in [-0.1, -0.05) is 65.7 Å². The highest BCUT2D eigenvalue weighted by molar-refractivity contribution is 6.30. The molecule has 0 bridgehead atoms. The highest BCUT2D eigenvalue weighted by atomic mass is 35.5. The van der Waals surface area contributed by atoms with Crippen LogP contribution in [0.15, 0.2) is 72.8 Å². The first-order valence-corrected chi connectivity index (χ1v) is 10.3. The van der Waals surface area contributed by atoms with Crippen LogP contribution in [0.5, 0.6) is 0 Å². The molecule has 0 atom stereocenters. The van der Waals surface area contributed by atoms with Crippen molar-refractivity contribution in [3.8, 4) is 0 Å². The molecule has 3 aromatic carbocycles. The predicted octanol–water partition coefficient (Wildman–Crippen LogP) is 5.98. The topological polar surface area (TPSA) is 54.3 Å². The Hall–Kier alpha value is -2.79. The van der Waals surface area contributed by atoms with E-state index in [1.165, 1.54) is 0 Å². The highest BCUT2D eigenvalue weighted by Crippen LogP contribution is 2.28. The van der Waals surface area contributed by atoms with Crippen molar-refractivity contribution < 1.29 is 9.90 Å². The summed E-state index contributed by atoms with van der Waals surface area (Å²) in [7, 11) is 0. The number of halogens is 2. The lowest BCUT2D eigenvalue weighted by Gasteiger charge is -2.10. The number of benzene rings is 3. The lowest BCUT2D eigenvalue weighted by Crippen LogP contribution is -2.17. The number of rotatable bonds is 7. The first-order chi connectivity index (χ1) is 14.5. The molecular formula is C24H20Cl2N2O2. The monoisotopic (exact) mass is 438 g/mol. The molecule has 0 fully saturated rings.